The van der Waals surface area contributed by atoms with Crippen molar-refractivity contribution in [3.05, 3.63) is 35.9 Å². The molecule has 0 aliphatic heterocycles. The Morgan fingerprint density at radius 2 is 1.85 bits per heavy atom. The molecular formula is C11H16NO. The fourth-order valence-electron chi connectivity index (χ4n) is 1.20. The largest absolute Gasteiger partial charge is 0.316 e. The van der Waals surface area contributed by atoms with Crippen LogP contribution in [0.5, 0.6) is 0 Å². The van der Waals surface area contributed by atoms with Crippen molar-refractivity contribution in [2.24, 2.45) is 0 Å². The van der Waals surface area contributed by atoms with Crippen molar-refractivity contribution in [2.45, 2.75) is 12.8 Å². The highest BCUT2D eigenvalue weighted by Gasteiger charge is 1.90. The second kappa shape index (κ2) is 6.63. The topological polar surface area (TPSA) is 31.9 Å². The van der Waals surface area contributed by atoms with Gasteiger partial charge in [-0.25, -0.2) is 5.11 Å². The van der Waals surface area contributed by atoms with Crippen LogP contribution in [0.3, 0.4) is 0 Å². The Kier molecular flexibility index (Phi) is 5.22. The molecule has 2 nitrogen and oxygen atoms in total. The molecule has 0 aliphatic rings. The first-order valence-electron chi connectivity index (χ1n) is 4.76. The van der Waals surface area contributed by atoms with Gasteiger partial charge in [-0.3, -0.25) is 0 Å². The molecule has 0 bridgehead atoms. The number of benzene rings is 1. The normalized spacial score (nSPS) is 10.2. The first-order valence-corrected chi connectivity index (χ1v) is 4.76. The number of hydrogen-bond donors (Lipinski definition) is 1. The van der Waals surface area contributed by atoms with Gasteiger partial charge in [-0.2, -0.15) is 0 Å². The second-order valence-electron chi connectivity index (χ2n) is 3.04. The van der Waals surface area contributed by atoms with Gasteiger partial charge < -0.3 is 5.32 Å². The molecule has 0 amide bonds. The average Bonchev–Trinajstić information content (AvgIpc) is 2.19. The third-order valence-corrected chi connectivity index (χ3v) is 1.93. The molecule has 1 aromatic rings. The molecule has 13 heavy (non-hydrogen) atoms. The number of rotatable bonds is 6. The average molecular weight is 178 g/mol. The summed E-state index contributed by atoms with van der Waals surface area (Å²) in [5.74, 6) is 0. The van der Waals surface area contributed by atoms with Crippen molar-refractivity contribution >= 4 is 0 Å². The van der Waals surface area contributed by atoms with Crippen molar-refractivity contribution in [1.29, 1.82) is 0 Å². The SMILES string of the molecule is [O]CCCNCCc1ccccc1. The third kappa shape index (κ3) is 4.65. The number of hydrogen-bond acceptors (Lipinski definition) is 1. The molecule has 71 valence electrons. The molecule has 0 aliphatic carbocycles. The van der Waals surface area contributed by atoms with Gasteiger partial charge in [-0.15, -0.1) is 0 Å². The van der Waals surface area contributed by atoms with E-state index in [2.05, 4.69) is 17.4 Å². The maximum absolute atomic E-state index is 10.1. The summed E-state index contributed by atoms with van der Waals surface area (Å²) in [7, 11) is 0. The molecule has 0 unspecified atom stereocenters. The van der Waals surface area contributed by atoms with Crippen molar-refractivity contribution in [3.8, 4) is 0 Å². The smallest absolute Gasteiger partial charge is 0.0834 e. The van der Waals surface area contributed by atoms with Gasteiger partial charge in [0, 0.05) is 0 Å². The lowest BCUT2D eigenvalue weighted by atomic mass is 10.1. The molecule has 2 heteroatoms. The van der Waals surface area contributed by atoms with Crippen LogP contribution in [0.25, 0.3) is 0 Å². The predicted molar refractivity (Wildman–Crippen MR) is 53.2 cm³/mol. The summed E-state index contributed by atoms with van der Waals surface area (Å²) in [6.45, 7) is 1.83. The maximum Gasteiger partial charge on any atom is 0.0834 e. The molecule has 0 atom stereocenters. The summed E-state index contributed by atoms with van der Waals surface area (Å²) in [6, 6.07) is 10.4. The monoisotopic (exact) mass is 178 g/mol. The summed E-state index contributed by atoms with van der Waals surface area (Å²) in [5, 5.41) is 13.4. The lowest BCUT2D eigenvalue weighted by Crippen LogP contribution is -2.19. The van der Waals surface area contributed by atoms with Crippen molar-refractivity contribution in [2.75, 3.05) is 19.7 Å². The summed E-state index contributed by atoms with van der Waals surface area (Å²) in [5.41, 5.74) is 1.34. The van der Waals surface area contributed by atoms with Gasteiger partial charge in [0.2, 0.25) is 0 Å². The minimum Gasteiger partial charge on any atom is -0.316 e. The van der Waals surface area contributed by atoms with Crippen LogP contribution in [0, 0.1) is 0 Å². The summed E-state index contributed by atoms with van der Waals surface area (Å²) < 4.78 is 0. The predicted octanol–water partition coefficient (Wildman–Crippen LogP) is 1.64. The Bertz CT molecular complexity index is 211. The Balaban J connectivity index is 2.07. The van der Waals surface area contributed by atoms with E-state index in [9.17, 15) is 5.11 Å². The zero-order chi connectivity index (χ0) is 9.36. The molecule has 0 saturated carbocycles. The fraction of sp³-hybridized carbons (Fsp3) is 0.455. The summed E-state index contributed by atoms with van der Waals surface area (Å²) in [4.78, 5) is 0. The minimum absolute atomic E-state index is 0.0261. The van der Waals surface area contributed by atoms with Crippen LogP contribution in [-0.2, 0) is 11.5 Å². The van der Waals surface area contributed by atoms with Crippen LogP contribution in [0.2, 0.25) is 0 Å². The van der Waals surface area contributed by atoms with Gasteiger partial charge in [-0.05, 0) is 31.5 Å². The van der Waals surface area contributed by atoms with E-state index in [0.29, 0.717) is 0 Å². The van der Waals surface area contributed by atoms with Crippen molar-refractivity contribution in [3.63, 3.8) is 0 Å². The Morgan fingerprint density at radius 1 is 1.08 bits per heavy atom. The van der Waals surface area contributed by atoms with E-state index < -0.39 is 0 Å². The molecule has 0 heterocycles. The quantitative estimate of drug-likeness (QED) is 0.660. The minimum atomic E-state index is 0.0261. The summed E-state index contributed by atoms with van der Waals surface area (Å²) in [6.07, 6.45) is 1.77. The van der Waals surface area contributed by atoms with Crippen LogP contribution in [-0.4, -0.2) is 19.7 Å². The van der Waals surface area contributed by atoms with Gasteiger partial charge in [-0.1, -0.05) is 30.3 Å². The molecule has 0 saturated heterocycles. The highest BCUT2D eigenvalue weighted by molar-refractivity contribution is 5.14. The first kappa shape index (κ1) is 10.2. The van der Waals surface area contributed by atoms with E-state index in [0.717, 1.165) is 25.9 Å². The van der Waals surface area contributed by atoms with Crippen LogP contribution in [0.1, 0.15) is 12.0 Å². The van der Waals surface area contributed by atoms with Gasteiger partial charge in [0.05, 0.1) is 6.61 Å². The highest BCUT2D eigenvalue weighted by atomic mass is 16.3. The highest BCUT2D eigenvalue weighted by Crippen LogP contribution is 1.97. The Morgan fingerprint density at radius 3 is 2.54 bits per heavy atom. The lowest BCUT2D eigenvalue weighted by Gasteiger charge is -2.02. The van der Waals surface area contributed by atoms with E-state index in [4.69, 9.17) is 0 Å². The zero-order valence-electron chi connectivity index (χ0n) is 7.83. The summed E-state index contributed by atoms with van der Waals surface area (Å²) >= 11 is 0. The van der Waals surface area contributed by atoms with Crippen LogP contribution in [0.4, 0.5) is 0 Å². The lowest BCUT2D eigenvalue weighted by molar-refractivity contribution is 0.188. The zero-order valence-corrected chi connectivity index (χ0v) is 7.83. The maximum atomic E-state index is 10.1. The van der Waals surface area contributed by atoms with Gasteiger partial charge >= 0.3 is 0 Å². The Hall–Kier alpha value is -0.860. The van der Waals surface area contributed by atoms with Crippen LogP contribution < -0.4 is 5.32 Å². The fourth-order valence-corrected chi connectivity index (χ4v) is 1.20. The van der Waals surface area contributed by atoms with Crippen molar-refractivity contribution < 1.29 is 5.11 Å². The molecule has 0 aromatic heterocycles. The molecule has 1 radical (unpaired) electrons. The van der Waals surface area contributed by atoms with E-state index in [1.807, 2.05) is 18.2 Å². The Labute approximate surface area is 79.6 Å². The van der Waals surface area contributed by atoms with Crippen LogP contribution in [0.15, 0.2) is 30.3 Å². The molecular weight excluding hydrogens is 162 g/mol. The first-order chi connectivity index (χ1) is 6.43. The molecule has 1 rings (SSSR count). The van der Waals surface area contributed by atoms with E-state index >= 15 is 0 Å². The van der Waals surface area contributed by atoms with E-state index in [1.54, 1.807) is 0 Å². The van der Waals surface area contributed by atoms with Gasteiger partial charge in [0.25, 0.3) is 0 Å². The second-order valence-corrected chi connectivity index (χ2v) is 3.04. The molecule has 1 N–H and O–H groups in total. The van der Waals surface area contributed by atoms with Crippen molar-refractivity contribution in [1.82, 2.24) is 5.32 Å². The standard InChI is InChI=1S/C11H16NO/c13-10-4-8-12-9-7-11-5-2-1-3-6-11/h1-3,5-6,12H,4,7-10H2. The van der Waals surface area contributed by atoms with Gasteiger partial charge in [0.1, 0.15) is 0 Å². The molecule has 1 aromatic carbocycles. The molecule has 0 fully saturated rings. The third-order valence-electron chi connectivity index (χ3n) is 1.93. The molecule has 0 spiro atoms. The number of nitrogens with one attached hydrogen (secondary N) is 1. The van der Waals surface area contributed by atoms with E-state index in [-0.39, 0.29) is 6.61 Å². The van der Waals surface area contributed by atoms with Gasteiger partial charge in [0.15, 0.2) is 0 Å². The van der Waals surface area contributed by atoms with E-state index in [1.165, 1.54) is 5.56 Å². The van der Waals surface area contributed by atoms with Crippen LogP contribution >= 0.6 is 0 Å².